The van der Waals surface area contributed by atoms with Crippen molar-refractivity contribution in [3.05, 3.63) is 63.7 Å². The van der Waals surface area contributed by atoms with Crippen LogP contribution in [-0.4, -0.2) is 10.8 Å². The summed E-state index contributed by atoms with van der Waals surface area (Å²) in [4.78, 5) is 21.5. The summed E-state index contributed by atoms with van der Waals surface area (Å²) in [5.41, 5.74) is 4.38. The van der Waals surface area contributed by atoms with Gasteiger partial charge in [-0.25, -0.2) is 4.39 Å². The van der Waals surface area contributed by atoms with Crippen LogP contribution in [-0.2, 0) is 0 Å². The maximum Gasteiger partial charge on any atom is 0.307 e. The predicted molar refractivity (Wildman–Crippen MR) is 71.8 cm³/mol. The Morgan fingerprint density at radius 1 is 1.19 bits per heavy atom. The van der Waals surface area contributed by atoms with E-state index in [9.17, 15) is 23.7 Å². The van der Waals surface area contributed by atoms with Crippen LogP contribution in [0.4, 0.5) is 25.8 Å². The number of nitro benzene ring substituents is 1. The third-order valence-electron chi connectivity index (χ3n) is 2.69. The van der Waals surface area contributed by atoms with Crippen LogP contribution in [0.2, 0.25) is 0 Å². The molecule has 0 aromatic heterocycles. The number of anilines is 2. The first kappa shape index (κ1) is 14.4. The van der Waals surface area contributed by atoms with Crippen molar-refractivity contribution < 1.29 is 18.5 Å². The number of hydrogen-bond acceptors (Lipinski definition) is 4. The van der Waals surface area contributed by atoms with E-state index in [1.54, 1.807) is 12.1 Å². The van der Waals surface area contributed by atoms with Gasteiger partial charge in [0.15, 0.2) is 0 Å². The largest absolute Gasteiger partial charge is 0.398 e. The smallest absolute Gasteiger partial charge is 0.307 e. The van der Waals surface area contributed by atoms with E-state index in [0.29, 0.717) is 12.1 Å². The number of nitrogens with two attached hydrogens (primary N) is 1. The number of hydrogen-bond donors (Lipinski definition) is 2. The SMILES string of the molecule is Nc1ccccc1C(=O)Nc1cc([N+](=O)[O-])c(F)cc1F. The summed E-state index contributed by atoms with van der Waals surface area (Å²) < 4.78 is 26.8. The Morgan fingerprint density at radius 3 is 2.48 bits per heavy atom. The molecule has 0 saturated heterocycles. The Bertz CT molecular complexity index is 735. The van der Waals surface area contributed by atoms with Crippen molar-refractivity contribution >= 4 is 23.0 Å². The minimum Gasteiger partial charge on any atom is -0.398 e. The molecule has 0 spiro atoms. The number of halogens is 2. The van der Waals surface area contributed by atoms with Crippen molar-refractivity contribution in [3.8, 4) is 0 Å². The van der Waals surface area contributed by atoms with Crippen LogP contribution in [0.5, 0.6) is 0 Å². The highest BCUT2D eigenvalue weighted by molar-refractivity contribution is 6.07. The van der Waals surface area contributed by atoms with E-state index in [1.165, 1.54) is 12.1 Å². The summed E-state index contributed by atoms with van der Waals surface area (Å²) in [5.74, 6) is -3.21. The lowest BCUT2D eigenvalue weighted by Gasteiger charge is -2.08. The fourth-order valence-electron chi connectivity index (χ4n) is 1.67. The first-order valence-electron chi connectivity index (χ1n) is 5.69. The Morgan fingerprint density at radius 2 is 1.86 bits per heavy atom. The average molecular weight is 293 g/mol. The van der Waals surface area contributed by atoms with Crippen LogP contribution < -0.4 is 11.1 Å². The van der Waals surface area contributed by atoms with Crippen molar-refractivity contribution in [1.82, 2.24) is 0 Å². The minimum atomic E-state index is -1.32. The van der Waals surface area contributed by atoms with Gasteiger partial charge in [0.05, 0.1) is 16.2 Å². The van der Waals surface area contributed by atoms with Gasteiger partial charge in [0.1, 0.15) is 5.82 Å². The monoisotopic (exact) mass is 293 g/mol. The lowest BCUT2D eigenvalue weighted by molar-refractivity contribution is -0.387. The maximum atomic E-state index is 13.6. The Hall–Kier alpha value is -3.03. The molecule has 0 atom stereocenters. The molecule has 0 heterocycles. The predicted octanol–water partition coefficient (Wildman–Crippen LogP) is 2.71. The molecule has 0 aliphatic rings. The molecule has 2 aromatic rings. The Balaban J connectivity index is 2.36. The van der Waals surface area contributed by atoms with Crippen molar-refractivity contribution in [2.24, 2.45) is 0 Å². The number of para-hydroxylation sites is 1. The van der Waals surface area contributed by atoms with Crippen LogP contribution in [0.15, 0.2) is 36.4 Å². The molecule has 3 N–H and O–H groups in total. The van der Waals surface area contributed by atoms with Crippen LogP contribution in [0.3, 0.4) is 0 Å². The molecule has 108 valence electrons. The lowest BCUT2D eigenvalue weighted by atomic mass is 10.1. The van der Waals surface area contributed by atoms with Gasteiger partial charge in [0.25, 0.3) is 5.91 Å². The van der Waals surface area contributed by atoms with Gasteiger partial charge in [-0.2, -0.15) is 4.39 Å². The number of nitrogen functional groups attached to an aromatic ring is 1. The number of carbonyl (C=O) groups is 1. The highest BCUT2D eigenvalue weighted by atomic mass is 19.1. The average Bonchev–Trinajstić information content (AvgIpc) is 2.41. The second kappa shape index (κ2) is 5.53. The van der Waals surface area contributed by atoms with Gasteiger partial charge in [-0.05, 0) is 12.1 Å². The molecule has 6 nitrogen and oxygen atoms in total. The highest BCUT2D eigenvalue weighted by Crippen LogP contribution is 2.26. The summed E-state index contributed by atoms with van der Waals surface area (Å²) in [7, 11) is 0. The topological polar surface area (TPSA) is 98.3 Å². The third-order valence-corrected chi connectivity index (χ3v) is 2.69. The van der Waals surface area contributed by atoms with Crippen LogP contribution in [0.25, 0.3) is 0 Å². The van der Waals surface area contributed by atoms with Gasteiger partial charge in [0.2, 0.25) is 5.82 Å². The molecule has 0 aliphatic heterocycles. The molecule has 0 fully saturated rings. The molecular weight excluding hydrogens is 284 g/mol. The number of rotatable bonds is 3. The van der Waals surface area contributed by atoms with Crippen LogP contribution in [0.1, 0.15) is 10.4 Å². The molecule has 0 aliphatic carbocycles. The zero-order valence-electron chi connectivity index (χ0n) is 10.5. The minimum absolute atomic E-state index is 0.0730. The molecule has 0 saturated carbocycles. The molecular formula is C13H9F2N3O3. The van der Waals surface area contributed by atoms with Crippen molar-refractivity contribution in [1.29, 1.82) is 0 Å². The van der Waals surface area contributed by atoms with Gasteiger partial charge in [0, 0.05) is 17.8 Å². The van der Waals surface area contributed by atoms with Crippen molar-refractivity contribution in [2.75, 3.05) is 11.1 Å². The molecule has 2 rings (SSSR count). The van der Waals surface area contributed by atoms with E-state index in [1.807, 2.05) is 0 Å². The molecule has 0 bridgehead atoms. The van der Waals surface area contributed by atoms with Gasteiger partial charge in [-0.1, -0.05) is 12.1 Å². The van der Waals surface area contributed by atoms with E-state index in [0.717, 1.165) is 0 Å². The summed E-state index contributed by atoms with van der Waals surface area (Å²) >= 11 is 0. The molecule has 0 unspecified atom stereocenters. The van der Waals surface area contributed by atoms with E-state index < -0.39 is 33.8 Å². The summed E-state index contributed by atoms with van der Waals surface area (Å²) in [6, 6.07) is 6.98. The Labute approximate surface area is 117 Å². The van der Waals surface area contributed by atoms with Gasteiger partial charge >= 0.3 is 5.69 Å². The maximum absolute atomic E-state index is 13.6. The van der Waals surface area contributed by atoms with Crippen molar-refractivity contribution in [2.45, 2.75) is 0 Å². The zero-order valence-corrected chi connectivity index (χ0v) is 10.5. The lowest BCUT2D eigenvalue weighted by Crippen LogP contribution is -2.15. The number of nitrogens with one attached hydrogen (secondary N) is 1. The molecule has 8 heteroatoms. The van der Waals surface area contributed by atoms with Gasteiger partial charge in [-0.15, -0.1) is 0 Å². The number of nitro groups is 1. The molecule has 21 heavy (non-hydrogen) atoms. The summed E-state index contributed by atoms with van der Waals surface area (Å²) in [6.07, 6.45) is 0. The van der Waals surface area contributed by atoms with E-state index in [-0.39, 0.29) is 11.3 Å². The standard InChI is InChI=1S/C13H9F2N3O3/c14-8-5-9(15)12(18(20)21)6-11(8)17-13(19)7-3-1-2-4-10(7)16/h1-6H,16H2,(H,17,19). The number of benzene rings is 2. The highest BCUT2D eigenvalue weighted by Gasteiger charge is 2.20. The van der Waals surface area contributed by atoms with E-state index >= 15 is 0 Å². The second-order valence-corrected chi connectivity index (χ2v) is 4.08. The molecule has 0 radical (unpaired) electrons. The quantitative estimate of drug-likeness (QED) is 0.516. The van der Waals surface area contributed by atoms with E-state index in [4.69, 9.17) is 5.73 Å². The first-order chi connectivity index (χ1) is 9.90. The number of nitrogens with zero attached hydrogens (tertiary/aromatic N) is 1. The Kier molecular flexibility index (Phi) is 3.79. The summed E-state index contributed by atoms with van der Waals surface area (Å²) in [5, 5.41) is 12.7. The van der Waals surface area contributed by atoms with Crippen LogP contribution in [0, 0.1) is 21.7 Å². The van der Waals surface area contributed by atoms with Gasteiger partial charge < -0.3 is 11.1 Å². The normalized spacial score (nSPS) is 10.2. The van der Waals surface area contributed by atoms with Gasteiger partial charge in [-0.3, -0.25) is 14.9 Å². The fraction of sp³-hybridized carbons (Fsp3) is 0. The fourth-order valence-corrected chi connectivity index (χ4v) is 1.67. The third kappa shape index (κ3) is 2.94. The van der Waals surface area contributed by atoms with E-state index in [2.05, 4.69) is 5.32 Å². The molecule has 2 aromatic carbocycles. The number of amides is 1. The number of carbonyl (C=O) groups excluding carboxylic acids is 1. The van der Waals surface area contributed by atoms with Crippen molar-refractivity contribution in [3.63, 3.8) is 0 Å². The summed E-state index contributed by atoms with van der Waals surface area (Å²) in [6.45, 7) is 0. The van der Waals surface area contributed by atoms with Crippen LogP contribution >= 0.6 is 0 Å². The first-order valence-corrected chi connectivity index (χ1v) is 5.69. The zero-order chi connectivity index (χ0) is 15.6. The molecule has 1 amide bonds. The second-order valence-electron chi connectivity index (χ2n) is 4.08.